The molecule has 3 nitrogen and oxygen atoms in total. The van der Waals surface area contributed by atoms with Gasteiger partial charge in [-0.2, -0.15) is 0 Å². The van der Waals surface area contributed by atoms with Crippen molar-refractivity contribution in [3.63, 3.8) is 0 Å². The van der Waals surface area contributed by atoms with Crippen LogP contribution >= 0.6 is 23.2 Å². The molecule has 0 saturated heterocycles. The van der Waals surface area contributed by atoms with E-state index in [1.807, 2.05) is 0 Å². The van der Waals surface area contributed by atoms with Crippen LogP contribution in [0.25, 0.3) is 0 Å². The maximum atomic E-state index is 11.2. The summed E-state index contributed by atoms with van der Waals surface area (Å²) >= 11 is 11.7. The lowest BCUT2D eigenvalue weighted by Crippen LogP contribution is -2.26. The summed E-state index contributed by atoms with van der Waals surface area (Å²) in [7, 11) is 1.61. The van der Waals surface area contributed by atoms with Gasteiger partial charge in [0.1, 0.15) is 4.33 Å². The van der Waals surface area contributed by atoms with Gasteiger partial charge in [0.05, 0.1) is 6.61 Å². The van der Waals surface area contributed by atoms with Crippen molar-refractivity contribution in [2.75, 3.05) is 20.3 Å². The van der Waals surface area contributed by atoms with Crippen LogP contribution in [0.15, 0.2) is 0 Å². The fraction of sp³-hybridized carbons (Fsp3) is 0.900. The Bertz CT molecular complexity index is 221. The smallest absolute Gasteiger partial charge is 0.220 e. The molecule has 0 bridgehead atoms. The highest BCUT2D eigenvalue weighted by Crippen LogP contribution is 2.55. The van der Waals surface area contributed by atoms with Gasteiger partial charge in [-0.1, -0.05) is 0 Å². The zero-order chi connectivity index (χ0) is 11.3. The molecule has 1 aliphatic carbocycles. The molecule has 0 heterocycles. The molecule has 0 unspecified atom stereocenters. The summed E-state index contributed by atoms with van der Waals surface area (Å²) in [6, 6.07) is 0. The Morgan fingerprint density at radius 1 is 1.60 bits per heavy atom. The maximum absolute atomic E-state index is 11.2. The largest absolute Gasteiger partial charge is 0.383 e. The van der Waals surface area contributed by atoms with E-state index in [0.717, 1.165) is 19.3 Å². The van der Waals surface area contributed by atoms with Crippen LogP contribution in [0, 0.1) is 5.92 Å². The second-order valence-electron chi connectivity index (χ2n) is 3.90. The van der Waals surface area contributed by atoms with E-state index in [-0.39, 0.29) is 5.91 Å². The highest BCUT2D eigenvalue weighted by Gasteiger charge is 2.50. The van der Waals surface area contributed by atoms with E-state index in [1.165, 1.54) is 0 Å². The normalized spacial score (nSPS) is 22.5. The molecule has 1 N–H and O–H groups in total. The number of methoxy groups -OCH3 is 1. The zero-order valence-corrected chi connectivity index (χ0v) is 10.4. The highest BCUT2D eigenvalue weighted by molar-refractivity contribution is 6.50. The van der Waals surface area contributed by atoms with E-state index < -0.39 is 4.33 Å². The first kappa shape index (κ1) is 13.1. The van der Waals surface area contributed by atoms with Crippen LogP contribution in [-0.2, 0) is 9.53 Å². The van der Waals surface area contributed by atoms with Crippen LogP contribution in [0.3, 0.4) is 0 Å². The van der Waals surface area contributed by atoms with Crippen molar-refractivity contribution in [3.8, 4) is 0 Å². The van der Waals surface area contributed by atoms with Crippen molar-refractivity contribution in [1.82, 2.24) is 5.32 Å². The molecule has 1 saturated carbocycles. The van der Waals surface area contributed by atoms with Crippen LogP contribution in [-0.4, -0.2) is 30.5 Å². The third-order valence-corrected chi connectivity index (χ3v) is 3.47. The van der Waals surface area contributed by atoms with Gasteiger partial charge >= 0.3 is 0 Å². The van der Waals surface area contributed by atoms with E-state index >= 15 is 0 Å². The number of ether oxygens (including phenoxy) is 1. The van der Waals surface area contributed by atoms with Gasteiger partial charge in [-0.15, -0.1) is 23.2 Å². The van der Waals surface area contributed by atoms with Gasteiger partial charge in [-0.25, -0.2) is 0 Å². The standard InChI is InChI=1S/C10H17Cl2NO2/c1-15-6-5-13-9(14)4-2-3-8-7-10(8,11)12/h8H,2-7H2,1H3,(H,13,14)/t8-/m1/s1. The Labute approximate surface area is 100 Å². The summed E-state index contributed by atoms with van der Waals surface area (Å²) in [4.78, 5) is 11.2. The molecule has 1 aliphatic rings. The molecule has 15 heavy (non-hydrogen) atoms. The minimum Gasteiger partial charge on any atom is -0.383 e. The average Bonchev–Trinajstić information content (AvgIpc) is 2.74. The molecule has 0 aromatic carbocycles. The molecule has 0 aliphatic heterocycles. The van der Waals surface area contributed by atoms with Gasteiger partial charge in [-0.05, 0) is 25.2 Å². The predicted molar refractivity (Wildman–Crippen MR) is 61.3 cm³/mol. The molecule has 1 amide bonds. The number of hydrogen-bond acceptors (Lipinski definition) is 2. The van der Waals surface area contributed by atoms with Gasteiger partial charge in [0.15, 0.2) is 0 Å². The number of rotatable bonds is 7. The SMILES string of the molecule is COCCNC(=O)CCC[C@@H]1CC1(Cl)Cl. The molecular weight excluding hydrogens is 237 g/mol. The van der Waals surface area contributed by atoms with Crippen LogP contribution in [0.1, 0.15) is 25.7 Å². The van der Waals surface area contributed by atoms with Crippen molar-refractivity contribution < 1.29 is 9.53 Å². The molecule has 0 radical (unpaired) electrons. The summed E-state index contributed by atoms with van der Waals surface area (Å²) in [5, 5.41) is 2.77. The summed E-state index contributed by atoms with van der Waals surface area (Å²) in [5.74, 6) is 0.454. The number of amides is 1. The monoisotopic (exact) mass is 253 g/mol. The van der Waals surface area contributed by atoms with Gasteiger partial charge in [0.2, 0.25) is 5.91 Å². The maximum Gasteiger partial charge on any atom is 0.220 e. The molecule has 0 spiro atoms. The Morgan fingerprint density at radius 3 is 2.80 bits per heavy atom. The Kier molecular flexibility index (Phi) is 5.16. The molecular formula is C10H17Cl2NO2. The highest BCUT2D eigenvalue weighted by atomic mass is 35.5. The first-order chi connectivity index (χ1) is 7.06. The molecule has 88 valence electrons. The van der Waals surface area contributed by atoms with Crippen LogP contribution in [0.5, 0.6) is 0 Å². The zero-order valence-electron chi connectivity index (χ0n) is 8.89. The fourth-order valence-electron chi connectivity index (χ4n) is 1.47. The first-order valence-electron chi connectivity index (χ1n) is 5.19. The second-order valence-corrected chi connectivity index (χ2v) is 5.44. The van der Waals surface area contributed by atoms with Crippen molar-refractivity contribution in [2.24, 2.45) is 5.92 Å². The van der Waals surface area contributed by atoms with Gasteiger partial charge in [0.25, 0.3) is 0 Å². The second kappa shape index (κ2) is 5.92. The van der Waals surface area contributed by atoms with Crippen molar-refractivity contribution >= 4 is 29.1 Å². The molecule has 5 heteroatoms. The van der Waals surface area contributed by atoms with Crippen LogP contribution < -0.4 is 5.32 Å². The van der Waals surface area contributed by atoms with Crippen molar-refractivity contribution in [2.45, 2.75) is 30.0 Å². The topological polar surface area (TPSA) is 38.3 Å². The first-order valence-corrected chi connectivity index (χ1v) is 5.95. The van der Waals surface area contributed by atoms with Gasteiger partial charge in [0, 0.05) is 20.1 Å². The molecule has 0 aromatic rings. The Balaban J connectivity index is 1.94. The average molecular weight is 254 g/mol. The summed E-state index contributed by atoms with van der Waals surface area (Å²) in [5.41, 5.74) is 0. The lowest BCUT2D eigenvalue weighted by Gasteiger charge is -2.04. The van der Waals surface area contributed by atoms with Gasteiger partial charge < -0.3 is 10.1 Å². The number of carbonyl (C=O) groups is 1. The van der Waals surface area contributed by atoms with E-state index in [4.69, 9.17) is 27.9 Å². The number of nitrogens with one attached hydrogen (secondary N) is 1. The molecule has 1 fully saturated rings. The van der Waals surface area contributed by atoms with Crippen molar-refractivity contribution in [1.29, 1.82) is 0 Å². The third kappa shape index (κ3) is 5.05. The summed E-state index contributed by atoms with van der Waals surface area (Å²) in [6.07, 6.45) is 3.20. The lowest BCUT2D eigenvalue weighted by molar-refractivity contribution is -0.121. The minimum absolute atomic E-state index is 0.0717. The minimum atomic E-state index is -0.507. The van der Waals surface area contributed by atoms with Crippen LogP contribution in [0.2, 0.25) is 0 Å². The van der Waals surface area contributed by atoms with E-state index in [2.05, 4.69) is 5.32 Å². The summed E-state index contributed by atoms with van der Waals surface area (Å²) in [6.45, 7) is 1.13. The number of carbonyl (C=O) groups excluding carboxylic acids is 1. The molecule has 1 atom stereocenters. The number of halogens is 2. The number of alkyl halides is 2. The van der Waals surface area contributed by atoms with E-state index in [0.29, 0.717) is 25.5 Å². The summed E-state index contributed by atoms with van der Waals surface area (Å²) < 4.78 is 4.32. The van der Waals surface area contributed by atoms with Crippen molar-refractivity contribution in [3.05, 3.63) is 0 Å². The van der Waals surface area contributed by atoms with E-state index in [9.17, 15) is 4.79 Å². The molecule has 1 rings (SSSR count). The third-order valence-electron chi connectivity index (χ3n) is 2.54. The van der Waals surface area contributed by atoms with E-state index in [1.54, 1.807) is 7.11 Å². The Morgan fingerprint density at radius 2 is 2.27 bits per heavy atom. The Hall–Kier alpha value is 0.01000. The number of hydrogen-bond donors (Lipinski definition) is 1. The fourth-order valence-corrected chi connectivity index (χ4v) is 2.06. The lowest BCUT2D eigenvalue weighted by atomic mass is 10.2. The molecule has 0 aromatic heterocycles. The van der Waals surface area contributed by atoms with Crippen LogP contribution in [0.4, 0.5) is 0 Å². The van der Waals surface area contributed by atoms with Gasteiger partial charge in [-0.3, -0.25) is 4.79 Å². The predicted octanol–water partition coefficient (Wildman–Crippen LogP) is 2.11. The quantitative estimate of drug-likeness (QED) is 0.558.